The Balaban J connectivity index is 1.86. The third-order valence-corrected chi connectivity index (χ3v) is 3.90. The Morgan fingerprint density at radius 2 is 2.50 bits per heavy atom. The zero-order valence-corrected chi connectivity index (χ0v) is 9.68. The summed E-state index contributed by atoms with van der Waals surface area (Å²) in [5.74, 6) is 0. The van der Waals surface area contributed by atoms with Gasteiger partial charge >= 0.3 is 0 Å². The van der Waals surface area contributed by atoms with Crippen molar-refractivity contribution in [2.24, 2.45) is 0 Å². The molecule has 2 atom stereocenters. The highest BCUT2D eigenvalue weighted by molar-refractivity contribution is 7.10. The largest absolute Gasteiger partial charge is 0.305 e. The molecule has 1 fully saturated rings. The lowest BCUT2D eigenvalue weighted by atomic mass is 10.2. The van der Waals surface area contributed by atoms with Gasteiger partial charge in [0.2, 0.25) is 0 Å². The zero-order valence-electron chi connectivity index (χ0n) is 8.86. The van der Waals surface area contributed by atoms with E-state index in [9.17, 15) is 0 Å². The van der Waals surface area contributed by atoms with E-state index in [0.29, 0.717) is 12.1 Å². The first-order valence-corrected chi connectivity index (χ1v) is 6.11. The molecule has 2 rings (SSSR count). The second kappa shape index (κ2) is 4.43. The van der Waals surface area contributed by atoms with Gasteiger partial charge in [0.15, 0.2) is 0 Å². The summed E-state index contributed by atoms with van der Waals surface area (Å²) in [7, 11) is 2.19. The molecular formula is C11H18N2S. The maximum absolute atomic E-state index is 3.68. The van der Waals surface area contributed by atoms with E-state index in [-0.39, 0.29) is 0 Å². The maximum Gasteiger partial charge on any atom is 0.0388 e. The summed E-state index contributed by atoms with van der Waals surface area (Å²) in [5, 5.41) is 5.83. The Morgan fingerprint density at radius 3 is 3.07 bits per heavy atom. The molecule has 0 saturated carbocycles. The summed E-state index contributed by atoms with van der Waals surface area (Å²) in [6.45, 7) is 4.68. The molecule has 2 nitrogen and oxygen atoms in total. The van der Waals surface area contributed by atoms with Crippen molar-refractivity contribution in [1.29, 1.82) is 0 Å². The van der Waals surface area contributed by atoms with Crippen LogP contribution < -0.4 is 5.32 Å². The number of nitrogens with zero attached hydrogens (tertiary/aromatic N) is 1. The highest BCUT2D eigenvalue weighted by atomic mass is 32.1. The number of likely N-dealkylation sites (N-methyl/N-ethyl adjacent to an activating group) is 1. The molecule has 1 aliphatic rings. The summed E-state index contributed by atoms with van der Waals surface area (Å²) in [4.78, 5) is 3.83. The van der Waals surface area contributed by atoms with Crippen molar-refractivity contribution in [3.05, 3.63) is 22.4 Å². The van der Waals surface area contributed by atoms with Crippen LogP contribution >= 0.6 is 11.3 Å². The Bertz CT molecular complexity index is 271. The number of hydrogen-bond donors (Lipinski definition) is 1. The van der Waals surface area contributed by atoms with E-state index < -0.39 is 0 Å². The van der Waals surface area contributed by atoms with Crippen molar-refractivity contribution >= 4 is 11.3 Å². The SMILES string of the molecule is CC(NC1CCN(C)C1)c1cccs1. The summed E-state index contributed by atoms with van der Waals surface area (Å²) in [6.07, 6.45) is 1.28. The normalized spacial score (nSPS) is 25.4. The number of nitrogens with one attached hydrogen (secondary N) is 1. The number of hydrogen-bond acceptors (Lipinski definition) is 3. The van der Waals surface area contributed by atoms with Crippen LogP contribution in [0.25, 0.3) is 0 Å². The fourth-order valence-corrected chi connectivity index (χ4v) is 2.79. The van der Waals surface area contributed by atoms with Crippen molar-refractivity contribution in [1.82, 2.24) is 10.2 Å². The minimum Gasteiger partial charge on any atom is -0.305 e. The number of likely N-dealkylation sites (tertiary alicyclic amines) is 1. The first kappa shape index (κ1) is 10.1. The molecule has 0 radical (unpaired) electrons. The van der Waals surface area contributed by atoms with E-state index in [1.807, 2.05) is 11.3 Å². The van der Waals surface area contributed by atoms with Crippen LogP contribution in [0.3, 0.4) is 0 Å². The van der Waals surface area contributed by atoms with Crippen molar-refractivity contribution in [3.63, 3.8) is 0 Å². The van der Waals surface area contributed by atoms with Gasteiger partial charge in [0.1, 0.15) is 0 Å². The first-order chi connectivity index (χ1) is 6.75. The third kappa shape index (κ3) is 2.35. The molecule has 78 valence electrons. The Kier molecular flexibility index (Phi) is 3.21. The predicted molar refractivity (Wildman–Crippen MR) is 61.8 cm³/mol. The molecule has 0 bridgehead atoms. The molecule has 1 N–H and O–H groups in total. The van der Waals surface area contributed by atoms with Crippen LogP contribution in [-0.2, 0) is 0 Å². The van der Waals surface area contributed by atoms with Crippen molar-refractivity contribution in [3.8, 4) is 0 Å². The Hall–Kier alpha value is -0.380. The second-order valence-corrected chi connectivity index (χ2v) is 5.13. The number of rotatable bonds is 3. The summed E-state index contributed by atoms with van der Waals surface area (Å²) in [5.41, 5.74) is 0. The maximum atomic E-state index is 3.68. The molecule has 14 heavy (non-hydrogen) atoms. The van der Waals surface area contributed by atoms with Crippen LogP contribution in [0.15, 0.2) is 17.5 Å². The monoisotopic (exact) mass is 210 g/mol. The Morgan fingerprint density at radius 1 is 1.64 bits per heavy atom. The molecule has 1 saturated heterocycles. The molecule has 0 aliphatic carbocycles. The van der Waals surface area contributed by atoms with Crippen molar-refractivity contribution in [2.45, 2.75) is 25.4 Å². The topological polar surface area (TPSA) is 15.3 Å². The molecule has 1 aliphatic heterocycles. The molecule has 0 spiro atoms. The fourth-order valence-electron chi connectivity index (χ4n) is 2.04. The molecule has 1 aromatic heterocycles. The average molecular weight is 210 g/mol. The Labute approximate surface area is 89.9 Å². The lowest BCUT2D eigenvalue weighted by molar-refractivity contribution is 0.388. The van der Waals surface area contributed by atoms with E-state index >= 15 is 0 Å². The van der Waals surface area contributed by atoms with Crippen molar-refractivity contribution < 1.29 is 0 Å². The van der Waals surface area contributed by atoms with Gasteiger partial charge < -0.3 is 10.2 Å². The van der Waals surface area contributed by atoms with Crippen LogP contribution in [-0.4, -0.2) is 31.1 Å². The first-order valence-electron chi connectivity index (χ1n) is 5.23. The minimum atomic E-state index is 0.506. The van der Waals surface area contributed by atoms with E-state index in [1.54, 1.807) is 0 Å². The molecule has 2 heterocycles. The van der Waals surface area contributed by atoms with Crippen LogP contribution in [0.1, 0.15) is 24.3 Å². The summed E-state index contributed by atoms with van der Waals surface area (Å²) >= 11 is 1.84. The van der Waals surface area contributed by atoms with Gasteiger partial charge in [-0.15, -0.1) is 11.3 Å². The summed E-state index contributed by atoms with van der Waals surface area (Å²) in [6, 6.07) is 5.52. The molecular weight excluding hydrogens is 192 g/mol. The lowest BCUT2D eigenvalue weighted by Gasteiger charge is -2.18. The third-order valence-electron chi connectivity index (χ3n) is 2.85. The van der Waals surface area contributed by atoms with Crippen LogP contribution in [0.2, 0.25) is 0 Å². The molecule has 2 unspecified atom stereocenters. The standard InChI is InChI=1S/C11H18N2S/c1-9(11-4-3-7-14-11)12-10-5-6-13(2)8-10/h3-4,7,9-10,12H,5-6,8H2,1-2H3. The highest BCUT2D eigenvalue weighted by Crippen LogP contribution is 2.20. The van der Waals surface area contributed by atoms with E-state index in [1.165, 1.54) is 24.4 Å². The van der Waals surface area contributed by atoms with E-state index in [4.69, 9.17) is 0 Å². The highest BCUT2D eigenvalue weighted by Gasteiger charge is 2.21. The van der Waals surface area contributed by atoms with Gasteiger partial charge in [-0.25, -0.2) is 0 Å². The van der Waals surface area contributed by atoms with Gasteiger partial charge in [-0.1, -0.05) is 6.07 Å². The van der Waals surface area contributed by atoms with Gasteiger partial charge in [0.05, 0.1) is 0 Å². The second-order valence-electron chi connectivity index (χ2n) is 4.15. The zero-order chi connectivity index (χ0) is 9.97. The quantitative estimate of drug-likeness (QED) is 0.822. The summed E-state index contributed by atoms with van der Waals surface area (Å²) < 4.78 is 0. The fraction of sp³-hybridized carbons (Fsp3) is 0.636. The molecule has 0 amide bonds. The van der Waals surface area contributed by atoms with Crippen LogP contribution in [0.5, 0.6) is 0 Å². The van der Waals surface area contributed by atoms with Gasteiger partial charge in [-0.3, -0.25) is 0 Å². The molecule has 1 aromatic rings. The molecule has 3 heteroatoms. The van der Waals surface area contributed by atoms with Gasteiger partial charge in [-0.05, 0) is 38.4 Å². The number of thiophene rings is 1. The molecule has 0 aromatic carbocycles. The predicted octanol–water partition coefficient (Wildman–Crippen LogP) is 2.10. The lowest BCUT2D eigenvalue weighted by Crippen LogP contribution is -2.33. The van der Waals surface area contributed by atoms with Crippen LogP contribution in [0.4, 0.5) is 0 Å². The smallest absolute Gasteiger partial charge is 0.0388 e. The van der Waals surface area contributed by atoms with E-state index in [0.717, 1.165) is 0 Å². The van der Waals surface area contributed by atoms with Gasteiger partial charge in [0.25, 0.3) is 0 Å². The van der Waals surface area contributed by atoms with Crippen molar-refractivity contribution in [2.75, 3.05) is 20.1 Å². The van der Waals surface area contributed by atoms with Crippen LogP contribution in [0, 0.1) is 0 Å². The average Bonchev–Trinajstić information content (AvgIpc) is 2.75. The minimum absolute atomic E-state index is 0.506. The van der Waals surface area contributed by atoms with E-state index in [2.05, 4.69) is 41.7 Å². The van der Waals surface area contributed by atoms with Gasteiger partial charge in [-0.2, -0.15) is 0 Å². The van der Waals surface area contributed by atoms with Gasteiger partial charge in [0, 0.05) is 23.5 Å².